The molecule has 7 heteroatoms. The number of methoxy groups -OCH3 is 1. The van der Waals surface area contributed by atoms with Crippen molar-refractivity contribution >= 4 is 34.9 Å². The Morgan fingerprint density at radius 1 is 1.21 bits per heavy atom. The largest absolute Gasteiger partial charge is 0.497 e. The summed E-state index contributed by atoms with van der Waals surface area (Å²) in [5.41, 5.74) is 6.67. The standard InChI is InChI=1S/C17H17ClN2O4/c1-10(16(21)20-12-4-3-5-13(9-12)23-2)24-17(22)11-6-7-14(18)15(19)8-11/h3-10H,19H2,1-2H3,(H,20,21)/t10-/m0/s1. The molecule has 24 heavy (non-hydrogen) atoms. The Balaban J connectivity index is 1.99. The van der Waals surface area contributed by atoms with Crippen LogP contribution in [0.1, 0.15) is 17.3 Å². The second-order valence-corrected chi connectivity index (χ2v) is 5.41. The summed E-state index contributed by atoms with van der Waals surface area (Å²) in [7, 11) is 1.53. The van der Waals surface area contributed by atoms with Crippen molar-refractivity contribution in [1.82, 2.24) is 0 Å². The molecule has 0 aliphatic rings. The van der Waals surface area contributed by atoms with E-state index in [4.69, 9.17) is 26.8 Å². The molecule has 0 aliphatic carbocycles. The highest BCUT2D eigenvalue weighted by Gasteiger charge is 2.19. The first-order chi connectivity index (χ1) is 11.4. The van der Waals surface area contributed by atoms with E-state index >= 15 is 0 Å². The van der Waals surface area contributed by atoms with Gasteiger partial charge in [0.25, 0.3) is 5.91 Å². The normalized spacial score (nSPS) is 11.5. The number of nitrogens with one attached hydrogen (secondary N) is 1. The van der Waals surface area contributed by atoms with E-state index in [0.717, 1.165) is 0 Å². The Bertz CT molecular complexity index is 764. The first-order valence-corrected chi connectivity index (χ1v) is 7.49. The van der Waals surface area contributed by atoms with Gasteiger partial charge in [0.15, 0.2) is 6.10 Å². The molecule has 2 aromatic carbocycles. The van der Waals surface area contributed by atoms with Gasteiger partial charge in [-0.05, 0) is 37.3 Å². The van der Waals surface area contributed by atoms with Crippen LogP contribution < -0.4 is 15.8 Å². The Morgan fingerprint density at radius 3 is 2.62 bits per heavy atom. The van der Waals surface area contributed by atoms with Gasteiger partial charge in [0.1, 0.15) is 5.75 Å². The van der Waals surface area contributed by atoms with Gasteiger partial charge in [0, 0.05) is 11.8 Å². The van der Waals surface area contributed by atoms with Gasteiger partial charge < -0.3 is 20.5 Å². The minimum atomic E-state index is -0.986. The van der Waals surface area contributed by atoms with Crippen LogP contribution in [0.15, 0.2) is 42.5 Å². The number of rotatable bonds is 5. The van der Waals surface area contributed by atoms with E-state index in [2.05, 4.69) is 5.32 Å². The second-order valence-electron chi connectivity index (χ2n) is 5.01. The number of nitrogen functional groups attached to an aromatic ring is 1. The van der Waals surface area contributed by atoms with Crippen LogP contribution in [0.5, 0.6) is 5.75 Å². The lowest BCUT2D eigenvalue weighted by atomic mass is 10.2. The quantitative estimate of drug-likeness (QED) is 0.640. The number of halogens is 1. The van der Waals surface area contributed by atoms with E-state index in [9.17, 15) is 9.59 Å². The van der Waals surface area contributed by atoms with Crippen molar-refractivity contribution in [2.75, 3.05) is 18.2 Å². The summed E-state index contributed by atoms with van der Waals surface area (Å²) in [6.07, 6.45) is -0.986. The first-order valence-electron chi connectivity index (χ1n) is 7.11. The third kappa shape index (κ3) is 4.39. The lowest BCUT2D eigenvalue weighted by molar-refractivity contribution is -0.123. The lowest BCUT2D eigenvalue weighted by Gasteiger charge is -2.14. The van der Waals surface area contributed by atoms with Gasteiger partial charge in [0.05, 0.1) is 23.4 Å². The van der Waals surface area contributed by atoms with Gasteiger partial charge in [-0.1, -0.05) is 17.7 Å². The molecule has 0 saturated carbocycles. The molecule has 0 unspecified atom stereocenters. The average molecular weight is 349 g/mol. The maximum Gasteiger partial charge on any atom is 0.338 e. The van der Waals surface area contributed by atoms with Crippen LogP contribution in [0.25, 0.3) is 0 Å². The Labute approximate surface area is 144 Å². The number of ether oxygens (including phenoxy) is 2. The summed E-state index contributed by atoms with van der Waals surface area (Å²) >= 11 is 5.81. The molecular weight excluding hydrogens is 332 g/mol. The number of nitrogens with two attached hydrogens (primary N) is 1. The van der Waals surface area contributed by atoms with Crippen LogP contribution in [0.2, 0.25) is 5.02 Å². The average Bonchev–Trinajstić information content (AvgIpc) is 2.57. The number of benzene rings is 2. The van der Waals surface area contributed by atoms with Crippen LogP contribution in [-0.4, -0.2) is 25.1 Å². The molecule has 0 saturated heterocycles. The zero-order valence-corrected chi connectivity index (χ0v) is 14.0. The van der Waals surface area contributed by atoms with E-state index in [1.54, 1.807) is 24.3 Å². The van der Waals surface area contributed by atoms with E-state index in [0.29, 0.717) is 16.5 Å². The fourth-order valence-corrected chi connectivity index (χ4v) is 2.02. The summed E-state index contributed by atoms with van der Waals surface area (Å²) in [6, 6.07) is 11.2. The molecule has 0 fully saturated rings. The Hall–Kier alpha value is -2.73. The minimum Gasteiger partial charge on any atom is -0.497 e. The molecule has 0 aromatic heterocycles. The van der Waals surface area contributed by atoms with Crippen molar-refractivity contribution in [2.45, 2.75) is 13.0 Å². The first kappa shape index (κ1) is 17.6. The van der Waals surface area contributed by atoms with Crippen molar-refractivity contribution in [3.05, 3.63) is 53.1 Å². The Morgan fingerprint density at radius 2 is 1.96 bits per heavy atom. The van der Waals surface area contributed by atoms with E-state index < -0.39 is 18.0 Å². The highest BCUT2D eigenvalue weighted by Crippen LogP contribution is 2.20. The fraction of sp³-hybridized carbons (Fsp3) is 0.176. The van der Waals surface area contributed by atoms with Gasteiger partial charge in [0.2, 0.25) is 0 Å². The number of amides is 1. The fourth-order valence-electron chi connectivity index (χ4n) is 1.90. The summed E-state index contributed by atoms with van der Waals surface area (Å²) in [4.78, 5) is 24.2. The second kappa shape index (κ2) is 7.70. The molecule has 126 valence electrons. The molecule has 1 atom stereocenters. The number of hydrogen-bond donors (Lipinski definition) is 2. The molecule has 2 aromatic rings. The molecule has 0 spiro atoms. The van der Waals surface area contributed by atoms with E-state index in [1.165, 1.54) is 32.2 Å². The molecule has 1 amide bonds. The minimum absolute atomic E-state index is 0.220. The predicted molar refractivity (Wildman–Crippen MR) is 92.4 cm³/mol. The smallest absolute Gasteiger partial charge is 0.338 e. The van der Waals surface area contributed by atoms with Crippen molar-refractivity contribution in [3.63, 3.8) is 0 Å². The SMILES string of the molecule is COc1cccc(NC(=O)[C@H](C)OC(=O)c2ccc(Cl)c(N)c2)c1. The Kier molecular flexibility index (Phi) is 5.65. The summed E-state index contributed by atoms with van der Waals surface area (Å²) in [5.74, 6) is -0.515. The van der Waals surface area contributed by atoms with E-state index in [-0.39, 0.29) is 11.3 Å². The van der Waals surface area contributed by atoms with Gasteiger partial charge in [-0.25, -0.2) is 4.79 Å². The number of hydrogen-bond acceptors (Lipinski definition) is 5. The van der Waals surface area contributed by atoms with Gasteiger partial charge in [-0.15, -0.1) is 0 Å². The summed E-state index contributed by atoms with van der Waals surface area (Å²) < 4.78 is 10.2. The maximum absolute atomic E-state index is 12.1. The zero-order chi connectivity index (χ0) is 17.7. The molecule has 0 aliphatic heterocycles. The maximum atomic E-state index is 12.1. The molecule has 3 N–H and O–H groups in total. The van der Waals surface area contributed by atoms with Gasteiger partial charge in [-0.3, -0.25) is 4.79 Å². The number of carbonyl (C=O) groups excluding carboxylic acids is 2. The summed E-state index contributed by atoms with van der Waals surface area (Å²) in [5, 5.41) is 2.99. The van der Waals surface area contributed by atoms with Gasteiger partial charge in [-0.2, -0.15) is 0 Å². The van der Waals surface area contributed by atoms with Crippen molar-refractivity contribution < 1.29 is 19.1 Å². The third-order valence-electron chi connectivity index (χ3n) is 3.22. The molecule has 2 rings (SSSR count). The van der Waals surface area contributed by atoms with Crippen LogP contribution in [0.3, 0.4) is 0 Å². The summed E-state index contributed by atoms with van der Waals surface area (Å²) in [6.45, 7) is 1.48. The molecule has 0 bridgehead atoms. The van der Waals surface area contributed by atoms with Crippen LogP contribution in [-0.2, 0) is 9.53 Å². The van der Waals surface area contributed by atoms with Crippen LogP contribution in [0, 0.1) is 0 Å². The van der Waals surface area contributed by atoms with Gasteiger partial charge >= 0.3 is 5.97 Å². The van der Waals surface area contributed by atoms with Crippen molar-refractivity contribution in [3.8, 4) is 5.75 Å². The van der Waals surface area contributed by atoms with Crippen molar-refractivity contribution in [2.24, 2.45) is 0 Å². The monoisotopic (exact) mass is 348 g/mol. The van der Waals surface area contributed by atoms with E-state index in [1.807, 2.05) is 0 Å². The number of esters is 1. The van der Waals surface area contributed by atoms with Crippen molar-refractivity contribution in [1.29, 1.82) is 0 Å². The predicted octanol–water partition coefficient (Wildman–Crippen LogP) is 3.11. The van der Waals surface area contributed by atoms with Crippen LogP contribution >= 0.6 is 11.6 Å². The highest BCUT2D eigenvalue weighted by atomic mass is 35.5. The molecular formula is C17H17ClN2O4. The molecule has 0 radical (unpaired) electrons. The lowest BCUT2D eigenvalue weighted by Crippen LogP contribution is -2.30. The number of carbonyl (C=O) groups is 2. The third-order valence-corrected chi connectivity index (χ3v) is 3.57. The highest BCUT2D eigenvalue weighted by molar-refractivity contribution is 6.33. The molecule has 6 nitrogen and oxygen atoms in total. The van der Waals surface area contributed by atoms with Crippen LogP contribution in [0.4, 0.5) is 11.4 Å². The molecule has 0 heterocycles. The zero-order valence-electron chi connectivity index (χ0n) is 13.2. The topological polar surface area (TPSA) is 90.6 Å². The number of anilines is 2.